The van der Waals surface area contributed by atoms with Crippen molar-refractivity contribution in [2.24, 2.45) is 0 Å². The van der Waals surface area contributed by atoms with Crippen molar-refractivity contribution in [3.63, 3.8) is 0 Å². The second-order valence-electron chi connectivity index (χ2n) is 21.0. The summed E-state index contributed by atoms with van der Waals surface area (Å²) in [7, 11) is -14.7. The average molecular weight is 848 g/mol. The van der Waals surface area contributed by atoms with Crippen LogP contribution >= 0.6 is 0 Å². The molecule has 2 heterocycles. The van der Waals surface area contributed by atoms with Gasteiger partial charge in [-0.3, -0.25) is 0 Å². The minimum Gasteiger partial charge on any atom is -0.415 e. The third kappa shape index (κ3) is 18.3. The van der Waals surface area contributed by atoms with Gasteiger partial charge < -0.3 is 50.3 Å². The largest absolute Gasteiger partial charge is 0.415 e. The van der Waals surface area contributed by atoms with Crippen molar-refractivity contribution < 1.29 is 50.3 Å². The molecule has 0 unspecified atom stereocenters. The molecule has 0 aromatic heterocycles. The Balaban J connectivity index is 2.64. The van der Waals surface area contributed by atoms with E-state index in [1.807, 2.05) is 0 Å². The maximum Gasteiger partial charge on any atom is 0.185 e. The molecule has 51 heavy (non-hydrogen) atoms. The first kappa shape index (κ1) is 48.2. The summed E-state index contributed by atoms with van der Waals surface area (Å²) in [4.78, 5) is 0. The number of ether oxygens (including phenoxy) is 3. The molecule has 0 bridgehead atoms. The van der Waals surface area contributed by atoms with E-state index in [-0.39, 0.29) is 6.61 Å². The van der Waals surface area contributed by atoms with E-state index in [4.69, 9.17) is 45.2 Å². The molecule has 0 aromatic carbocycles. The Labute approximate surface area is 319 Å². The number of rotatable bonds is 18. The second-order valence-corrected chi connectivity index (χ2v) is 52.3. The summed E-state index contributed by atoms with van der Waals surface area (Å²) in [6.45, 7) is 45.8. The number of hydrogen-bond donors (Lipinski definition) is 1. The molecule has 2 saturated heterocycles. The van der Waals surface area contributed by atoms with Crippen LogP contribution in [-0.4, -0.2) is 138 Å². The summed E-state index contributed by atoms with van der Waals surface area (Å²) in [6, 6.07) is 0. The quantitative estimate of drug-likeness (QED) is 0.138. The normalized spacial score (nSPS) is 32.4. The molecule has 2 aliphatic rings. The highest BCUT2D eigenvalue weighted by Gasteiger charge is 2.55. The van der Waals surface area contributed by atoms with Gasteiger partial charge in [0.05, 0.1) is 13.2 Å². The molecule has 0 spiro atoms. The first-order chi connectivity index (χ1) is 22.5. The molecule has 0 radical (unpaired) electrons. The Bertz CT molecular complexity index is 1070. The smallest absolute Gasteiger partial charge is 0.185 e. The van der Waals surface area contributed by atoms with Crippen LogP contribution in [0.25, 0.3) is 0 Å². The fraction of sp³-hybridized carbons (Fsp3) is 1.00. The van der Waals surface area contributed by atoms with Crippen LogP contribution in [0.3, 0.4) is 0 Å². The van der Waals surface area contributed by atoms with E-state index in [1.54, 1.807) is 0 Å². The molecule has 0 amide bonds. The maximum atomic E-state index is 11.5. The zero-order chi connectivity index (χ0) is 39.8. The molecule has 11 nitrogen and oxygen atoms in total. The highest BCUT2D eigenvalue weighted by atomic mass is 28.4. The van der Waals surface area contributed by atoms with Gasteiger partial charge in [-0.1, -0.05) is 0 Å². The van der Waals surface area contributed by atoms with Gasteiger partial charge in [0.2, 0.25) is 0 Å². The molecule has 18 heteroatoms. The van der Waals surface area contributed by atoms with E-state index in [9.17, 15) is 5.11 Å². The van der Waals surface area contributed by atoms with Crippen LogP contribution in [0.2, 0.25) is 137 Å². The lowest BCUT2D eigenvalue weighted by molar-refractivity contribution is -0.316. The van der Waals surface area contributed by atoms with Gasteiger partial charge in [-0.2, -0.15) is 0 Å². The first-order valence-electron chi connectivity index (χ1n) is 18.8. The van der Waals surface area contributed by atoms with E-state index in [2.05, 4.69) is 137 Å². The van der Waals surface area contributed by atoms with Crippen LogP contribution in [0.5, 0.6) is 0 Å². The predicted octanol–water partition coefficient (Wildman–Crippen LogP) is 7.62. The van der Waals surface area contributed by atoms with Crippen LogP contribution in [0.15, 0.2) is 0 Å². The van der Waals surface area contributed by atoms with Crippen molar-refractivity contribution in [3.8, 4) is 0 Å². The Morgan fingerprint density at radius 2 is 0.686 bits per heavy atom. The van der Waals surface area contributed by atoms with E-state index in [1.165, 1.54) is 0 Å². The lowest BCUT2D eigenvalue weighted by atomic mass is 9.98. The topological polar surface area (TPSA) is 113 Å². The van der Waals surface area contributed by atoms with Gasteiger partial charge in [-0.05, 0) is 137 Å². The van der Waals surface area contributed by atoms with Crippen molar-refractivity contribution in [1.29, 1.82) is 0 Å². The third-order valence-corrected chi connectivity index (χ3v) is 14.2. The van der Waals surface area contributed by atoms with E-state index >= 15 is 0 Å². The fourth-order valence-corrected chi connectivity index (χ4v) is 13.1. The van der Waals surface area contributed by atoms with Gasteiger partial charge in [0.25, 0.3) is 0 Å². The van der Waals surface area contributed by atoms with Crippen LogP contribution in [0.4, 0.5) is 0 Å². The van der Waals surface area contributed by atoms with Crippen LogP contribution < -0.4 is 0 Å². The summed E-state index contributed by atoms with van der Waals surface area (Å²) in [5.74, 6) is 0. The van der Waals surface area contributed by atoms with Crippen LogP contribution in [-0.2, 0) is 45.2 Å². The number of aliphatic hydroxyl groups is 1. The van der Waals surface area contributed by atoms with E-state index < -0.39 is 120 Å². The Kier molecular flexibility index (Phi) is 16.7. The summed E-state index contributed by atoms with van der Waals surface area (Å²) in [5.41, 5.74) is 0. The molecule has 2 fully saturated rings. The van der Waals surface area contributed by atoms with Crippen molar-refractivity contribution in [1.82, 2.24) is 0 Å². The SMILES string of the molecule is C[Si](C)(C)OC[C@H]1O[C@@H](OC[C@H]2O[C@H](O)[C@H](O[Si](C)(C)C)[C@@H](O[Si](C)(C)C)[C@@H]2O[Si](C)(C)C)[C@H](O[Si](C)(C)C)[C@@H](O[Si](C)(C)C)[C@@H]1O[Si](C)(C)C. The predicted molar refractivity (Wildman–Crippen MR) is 224 cm³/mol. The molecule has 2 aliphatic heterocycles. The first-order valence-corrected chi connectivity index (χ1v) is 42.7. The van der Waals surface area contributed by atoms with E-state index in [0.717, 1.165) is 0 Å². The summed E-state index contributed by atoms with van der Waals surface area (Å²) >= 11 is 0. The molecule has 1 N–H and O–H groups in total. The molecule has 10 atom stereocenters. The van der Waals surface area contributed by atoms with Gasteiger partial charge >= 0.3 is 0 Å². The minimum absolute atomic E-state index is 0.0778. The number of aliphatic hydroxyl groups excluding tert-OH is 1. The highest BCUT2D eigenvalue weighted by molar-refractivity contribution is 6.72. The van der Waals surface area contributed by atoms with Crippen molar-refractivity contribution in [3.05, 3.63) is 0 Å². The lowest BCUT2D eigenvalue weighted by Gasteiger charge is -2.52. The summed E-state index contributed by atoms with van der Waals surface area (Å²) in [5, 5.41) is 11.5. The molecular formula is C33H78O11Si7. The summed E-state index contributed by atoms with van der Waals surface area (Å²) in [6.07, 6.45) is -6.28. The Morgan fingerprint density at radius 3 is 1.06 bits per heavy atom. The van der Waals surface area contributed by atoms with Crippen LogP contribution in [0, 0.1) is 0 Å². The van der Waals surface area contributed by atoms with Gasteiger partial charge in [-0.25, -0.2) is 0 Å². The van der Waals surface area contributed by atoms with Gasteiger partial charge in [-0.15, -0.1) is 0 Å². The fourth-order valence-electron chi connectivity index (χ4n) is 5.95. The molecule has 0 aromatic rings. The van der Waals surface area contributed by atoms with Gasteiger partial charge in [0, 0.05) is 0 Å². The molecule has 2 rings (SSSR count). The van der Waals surface area contributed by atoms with Crippen LogP contribution in [0.1, 0.15) is 0 Å². The van der Waals surface area contributed by atoms with Gasteiger partial charge in [0.15, 0.2) is 70.8 Å². The zero-order valence-corrected chi connectivity index (χ0v) is 43.2. The zero-order valence-electron chi connectivity index (χ0n) is 36.2. The third-order valence-electron chi connectivity index (χ3n) is 7.24. The van der Waals surface area contributed by atoms with Crippen molar-refractivity contribution in [2.75, 3.05) is 13.2 Å². The second kappa shape index (κ2) is 17.7. The average Bonchev–Trinajstić information content (AvgIpc) is 2.84. The molecule has 0 aliphatic carbocycles. The Hall–Kier alpha value is 1.08. The highest BCUT2D eigenvalue weighted by Crippen LogP contribution is 2.37. The van der Waals surface area contributed by atoms with Crippen molar-refractivity contribution in [2.45, 2.75) is 199 Å². The van der Waals surface area contributed by atoms with Gasteiger partial charge in [0.1, 0.15) is 48.8 Å². The lowest BCUT2D eigenvalue weighted by Crippen LogP contribution is -2.68. The number of hydrogen-bond acceptors (Lipinski definition) is 11. The monoisotopic (exact) mass is 846 g/mol. The maximum absolute atomic E-state index is 11.5. The Morgan fingerprint density at radius 1 is 0.373 bits per heavy atom. The summed E-state index contributed by atoms with van der Waals surface area (Å²) < 4.78 is 67.8. The molecule has 304 valence electrons. The standard InChI is InChI=1S/C33H78O11Si7/c1-45(2,3)36-23-25-27(40-47(7,8)9)29(42-49(13,14)15)31(44-51(19,20)21)33(38-25)35-22-24-26(39-46(4,5)6)28(41-48(10,11)12)30(32(34)37-24)43-50(16,17)18/h24-34H,22-23H2,1-21H3/t24-,25-,26-,27-,28+,29+,30-,31-,32+,33-/m1/s1. The molecule has 0 saturated carbocycles. The van der Waals surface area contributed by atoms with E-state index in [0.29, 0.717) is 6.61 Å². The van der Waals surface area contributed by atoms with Crippen molar-refractivity contribution >= 4 is 58.2 Å². The molecular weight excluding hydrogens is 769 g/mol. The minimum atomic E-state index is -2.17.